The first-order chi connectivity index (χ1) is 22.0. The van der Waals surface area contributed by atoms with E-state index in [0.29, 0.717) is 26.6 Å². The van der Waals surface area contributed by atoms with Gasteiger partial charge in [0.25, 0.3) is 0 Å². The Balaban J connectivity index is 1.69. The molecule has 0 saturated carbocycles. The molecule has 12 nitrogen and oxygen atoms in total. The number of esters is 4. The van der Waals surface area contributed by atoms with Gasteiger partial charge in [-0.15, -0.1) is 21.5 Å². The number of carbonyl (C=O) groups is 4. The summed E-state index contributed by atoms with van der Waals surface area (Å²) in [6.45, 7) is 4.37. The maximum Gasteiger partial charge on any atom is 0.303 e. The fourth-order valence-corrected chi connectivity index (χ4v) is 7.47. The summed E-state index contributed by atoms with van der Waals surface area (Å²) in [7, 11) is 0. The summed E-state index contributed by atoms with van der Waals surface area (Å²) in [4.78, 5) is 49.6. The zero-order valence-electron chi connectivity index (χ0n) is 25.2. The molecule has 46 heavy (non-hydrogen) atoms. The van der Waals surface area contributed by atoms with Crippen LogP contribution in [-0.4, -0.2) is 69.7 Å². The summed E-state index contributed by atoms with van der Waals surface area (Å²) in [5.41, 5.74) is 1.00. The van der Waals surface area contributed by atoms with Gasteiger partial charge in [-0.25, -0.2) is 0 Å². The minimum Gasteiger partial charge on any atom is -0.463 e. The number of thiophene rings is 1. The van der Waals surface area contributed by atoms with E-state index < -0.39 is 54.5 Å². The number of thioether (sulfide) groups is 1. The van der Waals surface area contributed by atoms with Gasteiger partial charge in [0.15, 0.2) is 35.5 Å². The van der Waals surface area contributed by atoms with E-state index in [1.807, 2.05) is 54.6 Å². The van der Waals surface area contributed by atoms with Crippen molar-refractivity contribution in [3.05, 3.63) is 65.2 Å². The molecule has 1 aliphatic rings. The Morgan fingerprint density at radius 1 is 0.848 bits per heavy atom. The summed E-state index contributed by atoms with van der Waals surface area (Å²) in [5.74, 6) is -2.01. The van der Waals surface area contributed by atoms with Crippen LogP contribution in [-0.2, 0) is 48.6 Å². The van der Waals surface area contributed by atoms with Gasteiger partial charge in [0.2, 0.25) is 0 Å². The second-order valence-corrected chi connectivity index (χ2v) is 12.7. The minimum atomic E-state index is -1.37. The van der Waals surface area contributed by atoms with E-state index in [4.69, 9.17) is 35.3 Å². The third-order valence-corrected chi connectivity index (χ3v) is 9.52. The number of aromatic nitrogens is 3. The van der Waals surface area contributed by atoms with Crippen molar-refractivity contribution >= 4 is 68.7 Å². The average molecular weight is 688 g/mol. The Morgan fingerprint density at radius 2 is 1.48 bits per heavy atom. The summed E-state index contributed by atoms with van der Waals surface area (Å²) in [5, 5.41) is 10.6. The Labute approximate surface area is 277 Å². The molecule has 0 amide bonds. The van der Waals surface area contributed by atoms with Gasteiger partial charge in [-0.05, 0) is 11.6 Å². The lowest BCUT2D eigenvalue weighted by Crippen LogP contribution is -2.60. The first-order valence-corrected chi connectivity index (χ1v) is 16.3. The lowest BCUT2D eigenvalue weighted by atomic mass is 9.97. The molecule has 3 heterocycles. The molecule has 1 saturated heterocycles. The molecule has 4 aromatic rings. The number of fused-ring (bicyclic) bond motifs is 1. The average Bonchev–Trinajstić information content (AvgIpc) is 3.57. The van der Waals surface area contributed by atoms with Gasteiger partial charge in [-0.1, -0.05) is 71.9 Å². The highest BCUT2D eigenvalue weighted by Crippen LogP contribution is 2.45. The third-order valence-electron chi connectivity index (χ3n) is 6.83. The zero-order valence-corrected chi connectivity index (χ0v) is 27.6. The molecule has 5 rings (SSSR count). The minimum absolute atomic E-state index is 0.294. The summed E-state index contributed by atoms with van der Waals surface area (Å²) >= 11 is 9.63. The second-order valence-electron chi connectivity index (χ2n) is 10.3. The van der Waals surface area contributed by atoms with Crippen LogP contribution in [0, 0.1) is 0 Å². The van der Waals surface area contributed by atoms with E-state index in [1.165, 1.54) is 50.8 Å². The molecule has 0 unspecified atom stereocenters. The van der Waals surface area contributed by atoms with E-state index in [0.717, 1.165) is 15.6 Å². The van der Waals surface area contributed by atoms with Crippen LogP contribution in [0.4, 0.5) is 0 Å². The number of ether oxygens (including phenoxy) is 5. The van der Waals surface area contributed by atoms with Crippen molar-refractivity contribution in [3.8, 4) is 10.7 Å². The molecule has 0 bridgehead atoms. The van der Waals surface area contributed by atoms with E-state index in [9.17, 15) is 19.2 Å². The molecule has 242 valence electrons. The normalized spacial score (nSPS) is 21.0. The van der Waals surface area contributed by atoms with E-state index in [-0.39, 0.29) is 6.61 Å². The maximum absolute atomic E-state index is 12.5. The molecular weight excluding hydrogens is 658 g/mol. The topological polar surface area (TPSA) is 145 Å². The van der Waals surface area contributed by atoms with Crippen LogP contribution in [0.25, 0.3) is 20.8 Å². The molecule has 1 fully saturated rings. The molecule has 5 atom stereocenters. The Hall–Kier alpha value is -3.98. The van der Waals surface area contributed by atoms with Crippen LogP contribution < -0.4 is 0 Å². The number of carbonyl (C=O) groups excluding carboxylic acids is 4. The van der Waals surface area contributed by atoms with Crippen LogP contribution in [0.3, 0.4) is 0 Å². The van der Waals surface area contributed by atoms with Gasteiger partial charge in [0.1, 0.15) is 12.7 Å². The van der Waals surface area contributed by atoms with Gasteiger partial charge in [0, 0.05) is 43.5 Å². The predicted octanol–water partition coefficient (Wildman–Crippen LogP) is 5.36. The molecule has 15 heteroatoms. The number of halogens is 1. The maximum atomic E-state index is 12.5. The predicted molar refractivity (Wildman–Crippen MR) is 169 cm³/mol. The van der Waals surface area contributed by atoms with Crippen LogP contribution in [0.15, 0.2) is 59.8 Å². The Kier molecular flexibility index (Phi) is 10.6. The van der Waals surface area contributed by atoms with E-state index in [1.54, 1.807) is 4.57 Å². The van der Waals surface area contributed by atoms with Gasteiger partial charge in [0.05, 0.1) is 9.90 Å². The number of hydrogen-bond donors (Lipinski definition) is 0. The van der Waals surface area contributed by atoms with Crippen molar-refractivity contribution in [2.45, 2.75) is 69.2 Å². The van der Waals surface area contributed by atoms with Gasteiger partial charge in [-0.3, -0.25) is 23.7 Å². The van der Waals surface area contributed by atoms with Gasteiger partial charge < -0.3 is 23.7 Å². The molecule has 0 radical (unpaired) electrons. The summed E-state index contributed by atoms with van der Waals surface area (Å²) in [6.07, 6.45) is -6.46. The van der Waals surface area contributed by atoms with Crippen molar-refractivity contribution in [2.75, 3.05) is 6.61 Å². The lowest BCUT2D eigenvalue weighted by molar-refractivity contribution is -0.269. The Morgan fingerprint density at radius 3 is 2.13 bits per heavy atom. The highest BCUT2D eigenvalue weighted by atomic mass is 35.5. The number of nitrogens with zero attached hydrogens (tertiary/aromatic N) is 3. The first-order valence-electron chi connectivity index (χ1n) is 14.1. The van der Waals surface area contributed by atoms with E-state index >= 15 is 0 Å². The van der Waals surface area contributed by atoms with Gasteiger partial charge >= 0.3 is 23.9 Å². The van der Waals surface area contributed by atoms with Crippen molar-refractivity contribution in [2.24, 2.45) is 0 Å². The fourth-order valence-electron chi connectivity index (χ4n) is 5.05. The summed E-state index contributed by atoms with van der Waals surface area (Å²) in [6, 6.07) is 17.3. The van der Waals surface area contributed by atoms with Crippen molar-refractivity contribution in [3.63, 3.8) is 0 Å². The highest BCUT2D eigenvalue weighted by molar-refractivity contribution is 7.98. The van der Waals surface area contributed by atoms with Crippen molar-refractivity contribution in [1.29, 1.82) is 0 Å². The highest BCUT2D eigenvalue weighted by Gasteiger charge is 2.54. The molecule has 2 aromatic heterocycles. The van der Waals surface area contributed by atoms with Gasteiger partial charge in [-0.2, -0.15) is 0 Å². The second kappa shape index (κ2) is 14.6. The number of hydrogen-bond acceptors (Lipinski definition) is 13. The molecular formula is C31H30ClN3O9S2. The molecule has 0 spiro atoms. The third kappa shape index (κ3) is 7.52. The standard InChI is InChI=1S/C31H30ClN3O9S2/c1-16(36)40-14-22-25(41-17(2)37)26(42-18(3)38)27(43-19(4)39)30(44-22)35-29(28-24(32)21-12-8-9-13-23(21)46-28)33-34-31(35)45-15-20-10-6-5-7-11-20/h5-13,22,25-27,30H,14-15H2,1-4H3/t22-,25+,26+,27-,30-/m1/s1. The van der Waals surface area contributed by atoms with Crippen LogP contribution in [0.1, 0.15) is 39.5 Å². The van der Waals surface area contributed by atoms with Crippen molar-refractivity contribution in [1.82, 2.24) is 14.8 Å². The number of rotatable bonds is 10. The van der Waals surface area contributed by atoms with Crippen LogP contribution in [0.5, 0.6) is 0 Å². The van der Waals surface area contributed by atoms with Crippen molar-refractivity contribution < 1.29 is 42.9 Å². The lowest BCUT2D eigenvalue weighted by Gasteiger charge is -2.45. The first kappa shape index (κ1) is 33.4. The SMILES string of the molecule is CC(=O)OC[C@H]1O[C@@H](n2c(SCc3ccccc3)nnc2-c2sc3ccccc3c2Cl)[C@H](OC(C)=O)[C@@H](OC(C)=O)[C@H]1OC(C)=O. The zero-order chi connectivity index (χ0) is 33.0. The molecule has 0 aliphatic carbocycles. The monoisotopic (exact) mass is 687 g/mol. The smallest absolute Gasteiger partial charge is 0.303 e. The largest absolute Gasteiger partial charge is 0.463 e. The molecule has 1 aliphatic heterocycles. The quantitative estimate of drug-likeness (QED) is 0.120. The summed E-state index contributed by atoms with van der Waals surface area (Å²) < 4.78 is 31.3. The van der Waals surface area contributed by atoms with Crippen LogP contribution >= 0.6 is 34.7 Å². The number of benzene rings is 2. The fraction of sp³-hybridized carbons (Fsp3) is 0.355. The Bertz CT molecular complexity index is 1750. The van der Waals surface area contributed by atoms with E-state index in [2.05, 4.69) is 10.2 Å². The molecule has 2 aromatic carbocycles. The molecule has 0 N–H and O–H groups in total. The van der Waals surface area contributed by atoms with Crippen LogP contribution in [0.2, 0.25) is 5.02 Å².